The third-order valence-corrected chi connectivity index (χ3v) is 5.62. The zero-order chi connectivity index (χ0) is 20.5. The quantitative estimate of drug-likeness (QED) is 0.584. The first-order valence-corrected chi connectivity index (χ1v) is 10.2. The molecule has 9 heteroatoms. The SMILES string of the molecule is COc1cc2ncn(-c3cccc(NC4CCNC4)n3)c2cc1N1CCNC(=O)C1. The van der Waals surface area contributed by atoms with Gasteiger partial charge in [-0.25, -0.2) is 9.97 Å². The molecule has 1 atom stereocenters. The van der Waals surface area contributed by atoms with Crippen molar-refractivity contribution in [1.29, 1.82) is 0 Å². The van der Waals surface area contributed by atoms with Crippen LogP contribution in [0, 0.1) is 0 Å². The molecule has 3 aromatic rings. The van der Waals surface area contributed by atoms with Gasteiger partial charge < -0.3 is 25.6 Å². The second kappa shape index (κ2) is 7.83. The Morgan fingerprint density at radius 2 is 2.20 bits per heavy atom. The molecule has 2 aromatic heterocycles. The molecule has 30 heavy (non-hydrogen) atoms. The van der Waals surface area contributed by atoms with Crippen LogP contribution in [0.15, 0.2) is 36.7 Å². The third kappa shape index (κ3) is 3.52. The molecule has 0 bridgehead atoms. The van der Waals surface area contributed by atoms with Crippen LogP contribution in [0.1, 0.15) is 6.42 Å². The summed E-state index contributed by atoms with van der Waals surface area (Å²) in [5.41, 5.74) is 2.62. The molecule has 2 aliphatic heterocycles. The maximum Gasteiger partial charge on any atom is 0.239 e. The number of hydrogen-bond acceptors (Lipinski definition) is 7. The highest BCUT2D eigenvalue weighted by Gasteiger charge is 2.22. The van der Waals surface area contributed by atoms with Crippen LogP contribution < -0.4 is 25.6 Å². The summed E-state index contributed by atoms with van der Waals surface area (Å²) in [6.07, 6.45) is 2.87. The largest absolute Gasteiger partial charge is 0.495 e. The number of imidazole rings is 1. The molecule has 5 rings (SSSR count). The Morgan fingerprint density at radius 3 is 3.00 bits per heavy atom. The van der Waals surface area contributed by atoms with E-state index in [0.717, 1.165) is 54.4 Å². The number of benzene rings is 1. The maximum absolute atomic E-state index is 11.9. The summed E-state index contributed by atoms with van der Waals surface area (Å²) in [6, 6.07) is 10.3. The number of piperazine rings is 1. The average molecular weight is 407 g/mol. The highest BCUT2D eigenvalue weighted by molar-refractivity contribution is 5.88. The minimum atomic E-state index is 0.0127. The molecule has 156 valence electrons. The van der Waals surface area contributed by atoms with Gasteiger partial charge in [0.25, 0.3) is 0 Å². The van der Waals surface area contributed by atoms with Gasteiger partial charge in [-0.2, -0.15) is 0 Å². The van der Waals surface area contributed by atoms with E-state index in [1.807, 2.05) is 39.8 Å². The lowest BCUT2D eigenvalue weighted by atomic mass is 10.2. The van der Waals surface area contributed by atoms with E-state index in [4.69, 9.17) is 9.72 Å². The fourth-order valence-corrected chi connectivity index (χ4v) is 4.09. The lowest BCUT2D eigenvalue weighted by Gasteiger charge is -2.29. The fraction of sp³-hybridized carbons (Fsp3) is 0.381. The van der Waals surface area contributed by atoms with Crippen molar-refractivity contribution >= 4 is 28.4 Å². The molecule has 2 fully saturated rings. The fourth-order valence-electron chi connectivity index (χ4n) is 4.09. The first kappa shape index (κ1) is 18.7. The summed E-state index contributed by atoms with van der Waals surface area (Å²) in [4.78, 5) is 23.3. The van der Waals surface area contributed by atoms with Crippen molar-refractivity contribution in [3.63, 3.8) is 0 Å². The molecule has 0 aliphatic carbocycles. The summed E-state index contributed by atoms with van der Waals surface area (Å²) in [5, 5.41) is 9.72. The zero-order valence-electron chi connectivity index (χ0n) is 16.9. The van der Waals surface area contributed by atoms with E-state index >= 15 is 0 Å². The topological polar surface area (TPSA) is 96.3 Å². The normalized spacial score (nSPS) is 19.2. The summed E-state index contributed by atoms with van der Waals surface area (Å²) in [5.74, 6) is 2.36. The molecule has 0 radical (unpaired) electrons. The maximum atomic E-state index is 11.9. The second-order valence-electron chi connectivity index (χ2n) is 7.61. The van der Waals surface area contributed by atoms with Gasteiger partial charge in [0, 0.05) is 31.7 Å². The number of methoxy groups -OCH3 is 1. The number of amides is 1. The summed E-state index contributed by atoms with van der Waals surface area (Å²) < 4.78 is 7.57. The van der Waals surface area contributed by atoms with Crippen LogP contribution in [-0.2, 0) is 4.79 Å². The van der Waals surface area contributed by atoms with Gasteiger partial charge >= 0.3 is 0 Å². The number of carbonyl (C=O) groups excluding carboxylic acids is 1. The van der Waals surface area contributed by atoms with E-state index in [1.165, 1.54) is 0 Å². The lowest BCUT2D eigenvalue weighted by Crippen LogP contribution is -2.47. The highest BCUT2D eigenvalue weighted by atomic mass is 16.5. The number of aromatic nitrogens is 3. The smallest absolute Gasteiger partial charge is 0.239 e. The van der Waals surface area contributed by atoms with Gasteiger partial charge in [0.05, 0.1) is 30.4 Å². The van der Waals surface area contributed by atoms with E-state index in [2.05, 4.69) is 20.9 Å². The number of nitrogens with one attached hydrogen (secondary N) is 3. The molecule has 3 N–H and O–H groups in total. The molecule has 9 nitrogen and oxygen atoms in total. The van der Waals surface area contributed by atoms with Crippen molar-refractivity contribution in [2.75, 3.05) is 50.1 Å². The molecular formula is C21H25N7O2. The number of anilines is 2. The van der Waals surface area contributed by atoms with Crippen molar-refractivity contribution in [3.8, 4) is 11.6 Å². The van der Waals surface area contributed by atoms with Crippen LogP contribution in [0.3, 0.4) is 0 Å². The number of rotatable bonds is 5. The zero-order valence-corrected chi connectivity index (χ0v) is 16.9. The van der Waals surface area contributed by atoms with Crippen LogP contribution in [-0.4, -0.2) is 66.3 Å². The van der Waals surface area contributed by atoms with E-state index in [9.17, 15) is 4.79 Å². The van der Waals surface area contributed by atoms with E-state index in [0.29, 0.717) is 24.9 Å². The first-order chi connectivity index (χ1) is 14.7. The van der Waals surface area contributed by atoms with Gasteiger partial charge in [-0.15, -0.1) is 0 Å². The first-order valence-electron chi connectivity index (χ1n) is 10.2. The Morgan fingerprint density at radius 1 is 1.27 bits per heavy atom. The number of ether oxygens (including phenoxy) is 1. The number of hydrogen-bond donors (Lipinski definition) is 3. The second-order valence-corrected chi connectivity index (χ2v) is 7.61. The van der Waals surface area contributed by atoms with E-state index in [1.54, 1.807) is 13.4 Å². The number of pyridine rings is 1. The predicted molar refractivity (Wildman–Crippen MR) is 116 cm³/mol. The van der Waals surface area contributed by atoms with Crippen LogP contribution in [0.4, 0.5) is 11.5 Å². The van der Waals surface area contributed by atoms with Crippen LogP contribution in [0.2, 0.25) is 0 Å². The minimum Gasteiger partial charge on any atom is -0.495 e. The van der Waals surface area contributed by atoms with Crippen LogP contribution in [0.5, 0.6) is 5.75 Å². The van der Waals surface area contributed by atoms with Crippen molar-refractivity contribution in [2.45, 2.75) is 12.5 Å². The summed E-state index contributed by atoms with van der Waals surface area (Å²) in [7, 11) is 1.64. The number of fused-ring (bicyclic) bond motifs is 1. The van der Waals surface area contributed by atoms with Gasteiger partial charge in [-0.05, 0) is 31.2 Å². The minimum absolute atomic E-state index is 0.0127. The number of carbonyl (C=O) groups is 1. The highest BCUT2D eigenvalue weighted by Crippen LogP contribution is 2.34. The van der Waals surface area contributed by atoms with Gasteiger partial charge in [-0.1, -0.05) is 6.07 Å². The Labute approximate surface area is 174 Å². The van der Waals surface area contributed by atoms with Crippen molar-refractivity contribution in [1.82, 2.24) is 25.2 Å². The van der Waals surface area contributed by atoms with E-state index < -0.39 is 0 Å². The Hall–Kier alpha value is -3.33. The average Bonchev–Trinajstić information content (AvgIpc) is 3.42. The van der Waals surface area contributed by atoms with Crippen molar-refractivity contribution < 1.29 is 9.53 Å². The third-order valence-electron chi connectivity index (χ3n) is 5.62. The van der Waals surface area contributed by atoms with Gasteiger partial charge in [0.1, 0.15) is 23.7 Å². The molecule has 1 unspecified atom stereocenters. The Balaban J connectivity index is 1.52. The molecule has 1 amide bonds. The molecule has 4 heterocycles. The van der Waals surface area contributed by atoms with E-state index in [-0.39, 0.29) is 5.91 Å². The number of nitrogens with zero attached hydrogens (tertiary/aromatic N) is 4. The van der Waals surface area contributed by atoms with Gasteiger partial charge in [0.15, 0.2) is 0 Å². The molecule has 1 aromatic carbocycles. The summed E-state index contributed by atoms with van der Waals surface area (Å²) in [6.45, 7) is 3.64. The predicted octanol–water partition coefficient (Wildman–Crippen LogP) is 1.14. The molecule has 0 saturated carbocycles. The molecule has 0 spiro atoms. The molecule has 2 aliphatic rings. The standard InChI is InChI=1S/C21H25N7O2/c1-30-18-9-15-16(10-17(18)27-8-7-23-21(29)12-27)28(13-24-15)20-4-2-3-19(26-20)25-14-5-6-22-11-14/h2-4,9-10,13-14,22H,5-8,11-12H2,1H3,(H,23,29)(H,25,26). The van der Waals surface area contributed by atoms with Crippen LogP contribution in [0.25, 0.3) is 16.9 Å². The van der Waals surface area contributed by atoms with Crippen LogP contribution >= 0.6 is 0 Å². The van der Waals surface area contributed by atoms with Crippen molar-refractivity contribution in [2.24, 2.45) is 0 Å². The molecule has 2 saturated heterocycles. The van der Waals surface area contributed by atoms with Crippen molar-refractivity contribution in [3.05, 3.63) is 36.7 Å². The van der Waals surface area contributed by atoms with Gasteiger partial charge in [0.2, 0.25) is 5.91 Å². The Bertz CT molecular complexity index is 1070. The van der Waals surface area contributed by atoms with Gasteiger partial charge in [-0.3, -0.25) is 9.36 Å². The lowest BCUT2D eigenvalue weighted by molar-refractivity contribution is -0.120. The molecular weight excluding hydrogens is 382 g/mol. The Kier molecular flexibility index (Phi) is 4.88. The summed E-state index contributed by atoms with van der Waals surface area (Å²) >= 11 is 0. The monoisotopic (exact) mass is 407 g/mol.